The van der Waals surface area contributed by atoms with Gasteiger partial charge in [-0.3, -0.25) is 9.78 Å². The van der Waals surface area contributed by atoms with E-state index in [1.54, 1.807) is 12.4 Å². The number of imidazole rings is 1. The van der Waals surface area contributed by atoms with Gasteiger partial charge in [-0.1, -0.05) is 0 Å². The first-order valence-corrected chi connectivity index (χ1v) is 7.84. The van der Waals surface area contributed by atoms with Crippen LogP contribution >= 0.6 is 0 Å². The van der Waals surface area contributed by atoms with Crippen molar-refractivity contribution in [2.45, 2.75) is 25.1 Å². The first kappa shape index (κ1) is 17.9. The number of aromatic nitrogens is 3. The second kappa shape index (κ2) is 7.12. The topological polar surface area (TPSA) is 85.3 Å². The van der Waals surface area contributed by atoms with E-state index in [2.05, 4.69) is 15.3 Å². The van der Waals surface area contributed by atoms with E-state index in [0.717, 1.165) is 11.8 Å². The zero-order valence-corrected chi connectivity index (χ0v) is 13.6. The summed E-state index contributed by atoms with van der Waals surface area (Å²) in [6.07, 6.45) is 2.09. The molecule has 26 heavy (non-hydrogen) atoms. The summed E-state index contributed by atoms with van der Waals surface area (Å²) in [7, 11) is 0. The van der Waals surface area contributed by atoms with E-state index in [1.807, 2.05) is 12.1 Å². The van der Waals surface area contributed by atoms with Crippen LogP contribution in [0.4, 0.5) is 18.9 Å². The number of hydrogen-bond donors (Lipinski definition) is 2. The molecule has 3 heterocycles. The zero-order chi connectivity index (χ0) is 18.7. The maximum absolute atomic E-state index is 12.7. The molecule has 136 valence electrons. The number of pyridine rings is 2. The Morgan fingerprint density at radius 1 is 1.19 bits per heavy atom. The first-order chi connectivity index (χ1) is 12.3. The number of alkyl halides is 3. The Labute approximate surface area is 146 Å². The standard InChI is InChI=1S/C17H16F3N5O/c18-17(19,20)14-10-25-9-12(2-4-15(25)24-14)23-16(26)13(21)3-1-11-5-7-22-8-6-11/h2,4-10,13H,1,3,21H2,(H,23,26). The molecule has 0 spiro atoms. The van der Waals surface area contributed by atoms with Gasteiger partial charge in [-0.25, -0.2) is 4.98 Å². The van der Waals surface area contributed by atoms with Crippen LogP contribution < -0.4 is 11.1 Å². The van der Waals surface area contributed by atoms with Crippen LogP contribution in [0.5, 0.6) is 0 Å². The Morgan fingerprint density at radius 2 is 1.92 bits per heavy atom. The lowest BCUT2D eigenvalue weighted by molar-refractivity contribution is -0.140. The zero-order valence-electron chi connectivity index (χ0n) is 13.6. The fourth-order valence-corrected chi connectivity index (χ4v) is 2.44. The summed E-state index contributed by atoms with van der Waals surface area (Å²) in [5.74, 6) is -0.408. The largest absolute Gasteiger partial charge is 0.434 e. The fourth-order valence-electron chi connectivity index (χ4n) is 2.44. The van der Waals surface area contributed by atoms with Crippen molar-refractivity contribution in [1.29, 1.82) is 0 Å². The molecule has 9 heteroatoms. The number of carbonyl (C=O) groups excluding carboxylic acids is 1. The number of nitrogens with two attached hydrogens (primary N) is 1. The number of amides is 1. The van der Waals surface area contributed by atoms with Gasteiger partial charge in [0, 0.05) is 24.8 Å². The predicted molar refractivity (Wildman–Crippen MR) is 89.4 cm³/mol. The van der Waals surface area contributed by atoms with Crippen LogP contribution in [0, 0.1) is 0 Å². The molecule has 0 saturated heterocycles. The number of aryl methyl sites for hydroxylation is 1. The molecule has 0 radical (unpaired) electrons. The average molecular weight is 363 g/mol. The van der Waals surface area contributed by atoms with Gasteiger partial charge < -0.3 is 15.5 Å². The van der Waals surface area contributed by atoms with Crippen molar-refractivity contribution in [3.05, 3.63) is 60.3 Å². The van der Waals surface area contributed by atoms with Crippen LogP contribution in [0.15, 0.2) is 49.1 Å². The Morgan fingerprint density at radius 3 is 2.62 bits per heavy atom. The van der Waals surface area contributed by atoms with Gasteiger partial charge >= 0.3 is 6.18 Å². The third-order valence-electron chi connectivity index (χ3n) is 3.84. The molecule has 1 amide bonds. The van der Waals surface area contributed by atoms with E-state index in [4.69, 9.17) is 5.73 Å². The Bertz CT molecular complexity index is 908. The SMILES string of the molecule is NC(CCc1ccncc1)C(=O)Nc1ccc2nc(C(F)(F)F)cn2c1. The molecule has 0 aliphatic rings. The summed E-state index contributed by atoms with van der Waals surface area (Å²) in [6.45, 7) is 0. The molecule has 0 aromatic carbocycles. The quantitative estimate of drug-likeness (QED) is 0.730. The molecule has 3 aromatic heterocycles. The van der Waals surface area contributed by atoms with E-state index in [0.29, 0.717) is 18.5 Å². The highest BCUT2D eigenvalue weighted by molar-refractivity contribution is 5.94. The number of carbonyl (C=O) groups is 1. The number of rotatable bonds is 5. The number of halogens is 3. The summed E-state index contributed by atoms with van der Waals surface area (Å²) >= 11 is 0. The average Bonchev–Trinajstić information content (AvgIpc) is 3.04. The number of nitrogens with one attached hydrogen (secondary N) is 1. The van der Waals surface area contributed by atoms with Gasteiger partial charge in [-0.2, -0.15) is 13.2 Å². The molecule has 1 unspecified atom stereocenters. The lowest BCUT2D eigenvalue weighted by Crippen LogP contribution is -2.36. The molecule has 3 N–H and O–H groups in total. The summed E-state index contributed by atoms with van der Waals surface area (Å²) in [5, 5.41) is 2.61. The van der Waals surface area contributed by atoms with Gasteiger partial charge in [0.1, 0.15) is 5.65 Å². The summed E-state index contributed by atoms with van der Waals surface area (Å²) in [5.41, 5.74) is 6.39. The fraction of sp³-hybridized carbons (Fsp3) is 0.235. The van der Waals surface area contributed by atoms with Crippen molar-refractivity contribution in [2.75, 3.05) is 5.32 Å². The van der Waals surface area contributed by atoms with E-state index in [9.17, 15) is 18.0 Å². The molecule has 0 aliphatic heterocycles. The lowest BCUT2D eigenvalue weighted by Gasteiger charge is -2.12. The van der Waals surface area contributed by atoms with E-state index < -0.39 is 23.8 Å². The van der Waals surface area contributed by atoms with E-state index in [-0.39, 0.29) is 5.65 Å². The highest BCUT2D eigenvalue weighted by Gasteiger charge is 2.33. The van der Waals surface area contributed by atoms with Crippen LogP contribution in [0.3, 0.4) is 0 Å². The first-order valence-electron chi connectivity index (χ1n) is 7.84. The number of fused-ring (bicyclic) bond motifs is 1. The van der Waals surface area contributed by atoms with Gasteiger partial charge in [-0.15, -0.1) is 0 Å². The molecule has 3 aromatic rings. The highest BCUT2D eigenvalue weighted by atomic mass is 19.4. The monoisotopic (exact) mass is 363 g/mol. The maximum atomic E-state index is 12.7. The van der Waals surface area contributed by atoms with Crippen molar-refractivity contribution in [2.24, 2.45) is 5.73 Å². The molecular formula is C17H16F3N5O. The molecule has 1 atom stereocenters. The second-order valence-corrected chi connectivity index (χ2v) is 5.80. The lowest BCUT2D eigenvalue weighted by atomic mass is 10.1. The molecule has 0 aliphatic carbocycles. The highest BCUT2D eigenvalue weighted by Crippen LogP contribution is 2.28. The van der Waals surface area contributed by atoms with Crippen LogP contribution in [0.1, 0.15) is 17.7 Å². The van der Waals surface area contributed by atoms with E-state index in [1.165, 1.54) is 22.7 Å². The van der Waals surface area contributed by atoms with Gasteiger partial charge in [-0.05, 0) is 42.7 Å². The van der Waals surface area contributed by atoms with Gasteiger partial charge in [0.25, 0.3) is 0 Å². The second-order valence-electron chi connectivity index (χ2n) is 5.80. The number of anilines is 1. The normalized spacial score (nSPS) is 12.9. The smallest absolute Gasteiger partial charge is 0.323 e. The summed E-state index contributed by atoms with van der Waals surface area (Å²) in [6, 6.07) is 5.82. The van der Waals surface area contributed by atoms with Crippen LogP contribution in [-0.4, -0.2) is 26.3 Å². The molecule has 3 rings (SSSR count). The van der Waals surface area contributed by atoms with Gasteiger partial charge in [0.15, 0.2) is 5.69 Å². The van der Waals surface area contributed by atoms with E-state index >= 15 is 0 Å². The van der Waals surface area contributed by atoms with Crippen LogP contribution in [0.2, 0.25) is 0 Å². The third kappa shape index (κ3) is 4.17. The Balaban J connectivity index is 1.64. The van der Waals surface area contributed by atoms with Crippen molar-refractivity contribution in [3.63, 3.8) is 0 Å². The minimum absolute atomic E-state index is 0.136. The predicted octanol–water partition coefficient (Wildman–Crippen LogP) is 2.65. The summed E-state index contributed by atoms with van der Waals surface area (Å²) < 4.78 is 39.3. The van der Waals surface area contributed by atoms with Crippen molar-refractivity contribution >= 4 is 17.2 Å². The van der Waals surface area contributed by atoms with Crippen molar-refractivity contribution in [3.8, 4) is 0 Å². The molecular weight excluding hydrogens is 347 g/mol. The molecule has 0 fully saturated rings. The summed E-state index contributed by atoms with van der Waals surface area (Å²) in [4.78, 5) is 19.6. The Hall–Kier alpha value is -2.94. The van der Waals surface area contributed by atoms with Gasteiger partial charge in [0.2, 0.25) is 5.91 Å². The van der Waals surface area contributed by atoms with Crippen LogP contribution in [-0.2, 0) is 17.4 Å². The number of hydrogen-bond acceptors (Lipinski definition) is 4. The van der Waals surface area contributed by atoms with Crippen molar-refractivity contribution < 1.29 is 18.0 Å². The van der Waals surface area contributed by atoms with Gasteiger partial charge in [0.05, 0.1) is 11.7 Å². The number of nitrogens with zero attached hydrogens (tertiary/aromatic N) is 3. The molecule has 0 saturated carbocycles. The molecule has 0 bridgehead atoms. The van der Waals surface area contributed by atoms with Crippen molar-refractivity contribution in [1.82, 2.24) is 14.4 Å². The minimum Gasteiger partial charge on any atom is -0.323 e. The Kier molecular flexibility index (Phi) is 4.90. The third-order valence-corrected chi connectivity index (χ3v) is 3.84. The minimum atomic E-state index is -4.52. The molecule has 6 nitrogen and oxygen atoms in total. The maximum Gasteiger partial charge on any atom is 0.434 e. The van der Waals surface area contributed by atoms with Crippen LogP contribution in [0.25, 0.3) is 5.65 Å².